The third-order valence-corrected chi connectivity index (χ3v) is 3.22. The van der Waals surface area contributed by atoms with Crippen LogP contribution in [0.25, 0.3) is 0 Å². The van der Waals surface area contributed by atoms with E-state index in [9.17, 15) is 0 Å². The Bertz CT molecular complexity index is 383. The molecular weight excluding hydrogens is 204 g/mol. The van der Waals surface area contributed by atoms with Crippen LogP contribution in [0.4, 0.5) is 0 Å². The van der Waals surface area contributed by atoms with Gasteiger partial charge in [-0.2, -0.15) is 0 Å². The van der Waals surface area contributed by atoms with Crippen molar-refractivity contribution in [2.45, 2.75) is 19.5 Å². The molecule has 0 fully saturated rings. The summed E-state index contributed by atoms with van der Waals surface area (Å²) < 4.78 is 0. The van der Waals surface area contributed by atoms with Gasteiger partial charge in [0.2, 0.25) is 0 Å². The molecule has 1 N–H and O–H groups in total. The van der Waals surface area contributed by atoms with E-state index >= 15 is 0 Å². The molecule has 0 aliphatic carbocycles. The molecule has 0 bridgehead atoms. The zero-order valence-electron chi connectivity index (χ0n) is 8.68. The average molecular weight is 218 g/mol. The second-order valence-corrected chi connectivity index (χ2v) is 4.50. The second-order valence-electron chi connectivity index (χ2n) is 3.47. The van der Waals surface area contributed by atoms with Crippen LogP contribution in [0.2, 0.25) is 0 Å². The fourth-order valence-corrected chi connectivity index (χ4v) is 2.07. The number of thiophene rings is 1. The summed E-state index contributed by atoms with van der Waals surface area (Å²) in [5.74, 6) is 0. The first kappa shape index (κ1) is 10.3. The molecule has 0 spiro atoms. The van der Waals surface area contributed by atoms with Gasteiger partial charge in [-0.3, -0.25) is 4.98 Å². The van der Waals surface area contributed by atoms with Crippen LogP contribution >= 0.6 is 11.3 Å². The molecule has 1 unspecified atom stereocenters. The Morgan fingerprint density at radius 2 is 2.33 bits per heavy atom. The molecular formula is C12H14N2S. The van der Waals surface area contributed by atoms with Crippen molar-refractivity contribution in [3.05, 3.63) is 52.5 Å². The fourth-order valence-electron chi connectivity index (χ4n) is 1.42. The highest BCUT2D eigenvalue weighted by molar-refractivity contribution is 7.09. The molecule has 3 heteroatoms. The number of nitrogens with one attached hydrogen (secondary N) is 1. The molecule has 15 heavy (non-hydrogen) atoms. The summed E-state index contributed by atoms with van der Waals surface area (Å²) in [6.45, 7) is 3.08. The number of hydrogen-bond acceptors (Lipinski definition) is 3. The first-order valence-electron chi connectivity index (χ1n) is 5.02. The van der Waals surface area contributed by atoms with Gasteiger partial charge in [-0.25, -0.2) is 0 Å². The van der Waals surface area contributed by atoms with E-state index in [1.165, 1.54) is 10.4 Å². The van der Waals surface area contributed by atoms with Crippen LogP contribution < -0.4 is 5.32 Å². The van der Waals surface area contributed by atoms with Crippen molar-refractivity contribution in [2.75, 3.05) is 0 Å². The van der Waals surface area contributed by atoms with Gasteiger partial charge >= 0.3 is 0 Å². The molecule has 2 heterocycles. The predicted octanol–water partition coefficient (Wildman–Crippen LogP) is 2.99. The standard InChI is InChI=1S/C12H14N2S/c1-10(11-4-2-6-13-8-11)14-9-12-5-3-7-15-12/h2-8,10,14H,9H2,1H3. The molecule has 0 aliphatic heterocycles. The van der Waals surface area contributed by atoms with Gasteiger partial charge in [-0.15, -0.1) is 11.3 Å². The van der Waals surface area contributed by atoms with Crippen LogP contribution in [0, 0.1) is 0 Å². The van der Waals surface area contributed by atoms with Crippen molar-refractivity contribution in [1.82, 2.24) is 10.3 Å². The number of rotatable bonds is 4. The number of pyridine rings is 1. The second kappa shape index (κ2) is 5.05. The smallest absolute Gasteiger partial charge is 0.0315 e. The van der Waals surface area contributed by atoms with Gasteiger partial charge in [0.25, 0.3) is 0 Å². The molecule has 0 saturated carbocycles. The van der Waals surface area contributed by atoms with Crippen molar-refractivity contribution in [2.24, 2.45) is 0 Å². The van der Waals surface area contributed by atoms with E-state index in [0.717, 1.165) is 6.54 Å². The normalized spacial score (nSPS) is 12.6. The van der Waals surface area contributed by atoms with Crippen molar-refractivity contribution in [3.8, 4) is 0 Å². The maximum absolute atomic E-state index is 4.11. The van der Waals surface area contributed by atoms with Crippen molar-refractivity contribution < 1.29 is 0 Å². The van der Waals surface area contributed by atoms with Gasteiger partial charge in [0.15, 0.2) is 0 Å². The highest BCUT2D eigenvalue weighted by atomic mass is 32.1. The van der Waals surface area contributed by atoms with Gasteiger partial charge in [0, 0.05) is 29.9 Å². The molecule has 2 aromatic heterocycles. The third kappa shape index (κ3) is 2.88. The van der Waals surface area contributed by atoms with Gasteiger partial charge in [-0.1, -0.05) is 12.1 Å². The van der Waals surface area contributed by atoms with Crippen LogP contribution in [0.1, 0.15) is 23.4 Å². The highest BCUT2D eigenvalue weighted by Gasteiger charge is 2.04. The molecule has 0 radical (unpaired) electrons. The Morgan fingerprint density at radius 1 is 1.40 bits per heavy atom. The van der Waals surface area contributed by atoms with Crippen molar-refractivity contribution in [3.63, 3.8) is 0 Å². The number of nitrogens with zero attached hydrogens (tertiary/aromatic N) is 1. The molecule has 0 aliphatic rings. The maximum Gasteiger partial charge on any atom is 0.0315 e. The summed E-state index contributed by atoms with van der Waals surface area (Å²) in [5, 5.41) is 5.57. The van der Waals surface area contributed by atoms with Crippen molar-refractivity contribution >= 4 is 11.3 Å². The lowest BCUT2D eigenvalue weighted by Crippen LogP contribution is -2.17. The van der Waals surface area contributed by atoms with Crippen LogP contribution in [0.5, 0.6) is 0 Å². The quantitative estimate of drug-likeness (QED) is 0.853. The predicted molar refractivity (Wildman–Crippen MR) is 63.8 cm³/mol. The SMILES string of the molecule is CC(NCc1cccs1)c1cccnc1. The van der Waals surface area contributed by atoms with E-state index in [1.54, 1.807) is 17.5 Å². The third-order valence-electron chi connectivity index (χ3n) is 2.35. The van der Waals surface area contributed by atoms with E-state index in [2.05, 4.69) is 40.8 Å². The molecule has 2 aromatic rings. The molecule has 2 rings (SSSR count). The van der Waals surface area contributed by atoms with Crippen LogP contribution in [0.15, 0.2) is 42.0 Å². The minimum atomic E-state index is 0.348. The molecule has 0 aromatic carbocycles. The summed E-state index contributed by atoms with van der Waals surface area (Å²) in [6.07, 6.45) is 3.71. The number of aromatic nitrogens is 1. The minimum Gasteiger partial charge on any atom is -0.305 e. The summed E-state index contributed by atoms with van der Waals surface area (Å²) in [7, 11) is 0. The topological polar surface area (TPSA) is 24.9 Å². The van der Waals surface area contributed by atoms with Gasteiger partial charge in [-0.05, 0) is 30.0 Å². The molecule has 1 atom stereocenters. The lowest BCUT2D eigenvalue weighted by molar-refractivity contribution is 0.577. The van der Waals surface area contributed by atoms with E-state index in [-0.39, 0.29) is 0 Å². The first-order valence-corrected chi connectivity index (χ1v) is 5.90. The molecule has 0 amide bonds. The van der Waals surface area contributed by atoms with Crippen LogP contribution in [-0.2, 0) is 6.54 Å². The first-order chi connectivity index (χ1) is 7.36. The molecule has 2 nitrogen and oxygen atoms in total. The fraction of sp³-hybridized carbons (Fsp3) is 0.250. The Morgan fingerprint density at radius 3 is 3.00 bits per heavy atom. The van der Waals surface area contributed by atoms with Crippen molar-refractivity contribution in [1.29, 1.82) is 0 Å². The van der Waals surface area contributed by atoms with E-state index in [0.29, 0.717) is 6.04 Å². The lowest BCUT2D eigenvalue weighted by atomic mass is 10.1. The summed E-state index contributed by atoms with van der Waals surface area (Å²) >= 11 is 1.78. The maximum atomic E-state index is 4.11. The van der Waals surface area contributed by atoms with Gasteiger partial charge < -0.3 is 5.32 Å². The minimum absolute atomic E-state index is 0.348. The summed E-state index contributed by atoms with van der Waals surface area (Å²) in [5.41, 5.74) is 1.23. The zero-order valence-corrected chi connectivity index (χ0v) is 9.50. The zero-order chi connectivity index (χ0) is 10.5. The molecule has 78 valence electrons. The van der Waals surface area contributed by atoms with Crippen LogP contribution in [0.3, 0.4) is 0 Å². The van der Waals surface area contributed by atoms with E-state index < -0.39 is 0 Å². The van der Waals surface area contributed by atoms with E-state index in [4.69, 9.17) is 0 Å². The summed E-state index contributed by atoms with van der Waals surface area (Å²) in [6, 6.07) is 8.64. The van der Waals surface area contributed by atoms with Crippen LogP contribution in [-0.4, -0.2) is 4.98 Å². The Balaban J connectivity index is 1.90. The largest absolute Gasteiger partial charge is 0.305 e. The van der Waals surface area contributed by atoms with E-state index in [1.807, 2.05) is 12.3 Å². The monoisotopic (exact) mass is 218 g/mol. The Labute approximate surface area is 94.0 Å². The highest BCUT2D eigenvalue weighted by Crippen LogP contribution is 2.13. The number of hydrogen-bond donors (Lipinski definition) is 1. The Hall–Kier alpha value is -1.19. The van der Waals surface area contributed by atoms with Gasteiger partial charge in [0.1, 0.15) is 0 Å². The van der Waals surface area contributed by atoms with Gasteiger partial charge in [0.05, 0.1) is 0 Å². The average Bonchev–Trinajstić information content (AvgIpc) is 2.80. The summed E-state index contributed by atoms with van der Waals surface area (Å²) in [4.78, 5) is 5.48. The lowest BCUT2D eigenvalue weighted by Gasteiger charge is -2.12. The Kier molecular flexibility index (Phi) is 3.48. The molecule has 0 saturated heterocycles.